The number of carbonyl (C=O) groups is 1. The molecule has 4 nitrogen and oxygen atoms in total. The normalized spacial score (nSPS) is 10.4. The van der Waals surface area contributed by atoms with Crippen LogP contribution in [0, 0.1) is 5.82 Å². The number of carboxylic acid groups (broad SMARTS) is 1. The Bertz CT molecular complexity index is 821. The summed E-state index contributed by atoms with van der Waals surface area (Å²) in [5.41, 5.74) is 1.75. The minimum absolute atomic E-state index is 0.291. The van der Waals surface area contributed by atoms with Crippen molar-refractivity contribution in [1.29, 1.82) is 0 Å². The third kappa shape index (κ3) is 2.56. The van der Waals surface area contributed by atoms with E-state index in [1.807, 2.05) is 0 Å². The largest absolute Gasteiger partial charge is 0.478 e. The summed E-state index contributed by atoms with van der Waals surface area (Å²) in [7, 11) is 0. The van der Waals surface area contributed by atoms with E-state index in [1.165, 1.54) is 12.3 Å². The van der Waals surface area contributed by atoms with Crippen LogP contribution in [0.25, 0.3) is 22.3 Å². The number of hydrogen-bond acceptors (Lipinski definition) is 3. The SMILES string of the molecule is O=C(O)c1c(F)cc(-c2cccnc2)cc1-c1cccnc1. The van der Waals surface area contributed by atoms with Crippen LogP contribution in [0.4, 0.5) is 4.39 Å². The number of aromatic nitrogens is 2. The molecule has 22 heavy (non-hydrogen) atoms. The van der Waals surface area contributed by atoms with Crippen LogP contribution in [0.2, 0.25) is 0 Å². The topological polar surface area (TPSA) is 63.1 Å². The summed E-state index contributed by atoms with van der Waals surface area (Å²) in [5.74, 6) is -2.10. The molecule has 1 N–H and O–H groups in total. The van der Waals surface area contributed by atoms with Gasteiger partial charge in [-0.05, 0) is 29.8 Å². The second-order valence-electron chi connectivity index (χ2n) is 4.67. The summed E-state index contributed by atoms with van der Waals surface area (Å²) < 4.78 is 14.3. The lowest BCUT2D eigenvalue weighted by atomic mass is 9.95. The average Bonchev–Trinajstić information content (AvgIpc) is 2.55. The molecule has 0 aliphatic rings. The van der Waals surface area contributed by atoms with Crippen molar-refractivity contribution in [3.05, 3.63) is 72.6 Å². The fourth-order valence-corrected chi connectivity index (χ4v) is 2.27. The summed E-state index contributed by atoms with van der Waals surface area (Å²) in [6.45, 7) is 0. The van der Waals surface area contributed by atoms with Crippen LogP contribution < -0.4 is 0 Å². The van der Waals surface area contributed by atoms with Crippen molar-refractivity contribution in [1.82, 2.24) is 9.97 Å². The molecule has 2 aromatic heterocycles. The van der Waals surface area contributed by atoms with E-state index in [1.54, 1.807) is 48.9 Å². The minimum atomic E-state index is -1.31. The predicted molar refractivity (Wildman–Crippen MR) is 79.8 cm³/mol. The molecule has 0 bridgehead atoms. The van der Waals surface area contributed by atoms with Gasteiger partial charge in [0.25, 0.3) is 0 Å². The first-order valence-electron chi connectivity index (χ1n) is 6.54. The lowest BCUT2D eigenvalue weighted by molar-refractivity contribution is 0.0693. The first kappa shape index (κ1) is 13.9. The number of pyridine rings is 2. The Morgan fingerprint density at radius 2 is 1.59 bits per heavy atom. The molecule has 108 valence electrons. The first-order chi connectivity index (χ1) is 10.7. The van der Waals surface area contributed by atoms with Crippen molar-refractivity contribution in [2.45, 2.75) is 0 Å². The van der Waals surface area contributed by atoms with Crippen molar-refractivity contribution in [3.8, 4) is 22.3 Å². The number of rotatable bonds is 3. The Balaban J connectivity index is 2.26. The number of nitrogens with zero attached hydrogens (tertiary/aromatic N) is 2. The zero-order chi connectivity index (χ0) is 15.5. The molecule has 0 radical (unpaired) electrons. The molecule has 0 atom stereocenters. The van der Waals surface area contributed by atoms with E-state index in [0.717, 1.165) is 0 Å². The summed E-state index contributed by atoms with van der Waals surface area (Å²) in [6, 6.07) is 9.75. The molecule has 0 saturated heterocycles. The number of benzene rings is 1. The standard InChI is InChI=1S/C17H11FN2O2/c18-15-8-13(11-3-1-5-19-9-11)7-14(16(15)17(21)22)12-4-2-6-20-10-12/h1-10H,(H,21,22). The van der Waals surface area contributed by atoms with E-state index in [4.69, 9.17) is 0 Å². The lowest BCUT2D eigenvalue weighted by Crippen LogP contribution is -2.04. The third-order valence-electron chi connectivity index (χ3n) is 3.27. The van der Waals surface area contributed by atoms with Gasteiger partial charge in [-0.25, -0.2) is 9.18 Å². The van der Waals surface area contributed by atoms with E-state index in [-0.39, 0.29) is 5.56 Å². The van der Waals surface area contributed by atoms with Crippen LogP contribution in [0.3, 0.4) is 0 Å². The molecule has 3 rings (SSSR count). The van der Waals surface area contributed by atoms with Crippen molar-refractivity contribution >= 4 is 5.97 Å². The molecule has 2 heterocycles. The third-order valence-corrected chi connectivity index (χ3v) is 3.27. The zero-order valence-corrected chi connectivity index (χ0v) is 11.4. The van der Waals surface area contributed by atoms with Gasteiger partial charge < -0.3 is 5.11 Å². The molecular weight excluding hydrogens is 283 g/mol. The lowest BCUT2D eigenvalue weighted by Gasteiger charge is -2.10. The van der Waals surface area contributed by atoms with E-state index in [2.05, 4.69) is 9.97 Å². The molecule has 0 spiro atoms. The Morgan fingerprint density at radius 1 is 0.955 bits per heavy atom. The van der Waals surface area contributed by atoms with Crippen molar-refractivity contribution < 1.29 is 14.3 Å². The second kappa shape index (κ2) is 5.73. The maximum Gasteiger partial charge on any atom is 0.339 e. The molecule has 5 heteroatoms. The highest BCUT2D eigenvalue weighted by Crippen LogP contribution is 2.31. The summed E-state index contributed by atoms with van der Waals surface area (Å²) in [5, 5.41) is 9.30. The van der Waals surface area contributed by atoms with E-state index in [0.29, 0.717) is 22.3 Å². The van der Waals surface area contributed by atoms with Crippen LogP contribution in [0.1, 0.15) is 10.4 Å². The Kier molecular flexibility index (Phi) is 3.62. The average molecular weight is 294 g/mol. The molecule has 1 aromatic carbocycles. The molecule has 0 unspecified atom stereocenters. The maximum atomic E-state index is 14.3. The zero-order valence-electron chi connectivity index (χ0n) is 11.4. The Labute approximate surface area is 125 Å². The first-order valence-corrected chi connectivity index (χ1v) is 6.54. The molecule has 0 aliphatic heterocycles. The minimum Gasteiger partial charge on any atom is -0.478 e. The smallest absolute Gasteiger partial charge is 0.339 e. The van der Waals surface area contributed by atoms with Crippen LogP contribution in [-0.2, 0) is 0 Å². The quantitative estimate of drug-likeness (QED) is 0.801. The highest BCUT2D eigenvalue weighted by molar-refractivity contribution is 5.97. The van der Waals surface area contributed by atoms with Gasteiger partial charge in [0.2, 0.25) is 0 Å². The summed E-state index contributed by atoms with van der Waals surface area (Å²) in [6.07, 6.45) is 6.30. The molecule has 0 amide bonds. The van der Waals surface area contributed by atoms with Crippen molar-refractivity contribution in [3.63, 3.8) is 0 Å². The van der Waals surface area contributed by atoms with E-state index in [9.17, 15) is 14.3 Å². The van der Waals surface area contributed by atoms with Crippen molar-refractivity contribution in [2.75, 3.05) is 0 Å². The van der Waals surface area contributed by atoms with Gasteiger partial charge in [-0.15, -0.1) is 0 Å². The van der Waals surface area contributed by atoms with Gasteiger partial charge >= 0.3 is 5.97 Å². The predicted octanol–water partition coefficient (Wildman–Crippen LogP) is 3.65. The number of aromatic carboxylic acids is 1. The molecule has 0 aliphatic carbocycles. The number of hydrogen-bond donors (Lipinski definition) is 1. The highest BCUT2D eigenvalue weighted by atomic mass is 19.1. The molecule has 0 saturated carbocycles. The van der Waals surface area contributed by atoms with Gasteiger partial charge in [0, 0.05) is 41.5 Å². The molecule has 0 fully saturated rings. The van der Waals surface area contributed by atoms with Gasteiger partial charge in [0.15, 0.2) is 0 Å². The van der Waals surface area contributed by atoms with Gasteiger partial charge in [-0.2, -0.15) is 0 Å². The van der Waals surface area contributed by atoms with Gasteiger partial charge in [0.05, 0.1) is 0 Å². The summed E-state index contributed by atoms with van der Waals surface area (Å²) >= 11 is 0. The van der Waals surface area contributed by atoms with E-state index < -0.39 is 11.8 Å². The fourth-order valence-electron chi connectivity index (χ4n) is 2.27. The van der Waals surface area contributed by atoms with Crippen LogP contribution in [0.15, 0.2) is 61.2 Å². The second-order valence-corrected chi connectivity index (χ2v) is 4.67. The fraction of sp³-hybridized carbons (Fsp3) is 0. The van der Waals surface area contributed by atoms with Crippen LogP contribution in [0.5, 0.6) is 0 Å². The number of carboxylic acids is 1. The molecule has 3 aromatic rings. The van der Waals surface area contributed by atoms with Gasteiger partial charge in [-0.3, -0.25) is 9.97 Å². The summed E-state index contributed by atoms with van der Waals surface area (Å²) in [4.78, 5) is 19.4. The Morgan fingerprint density at radius 3 is 2.14 bits per heavy atom. The Hall–Kier alpha value is -3.08. The highest BCUT2D eigenvalue weighted by Gasteiger charge is 2.19. The van der Waals surface area contributed by atoms with Crippen LogP contribution >= 0.6 is 0 Å². The van der Waals surface area contributed by atoms with E-state index >= 15 is 0 Å². The molecular formula is C17H11FN2O2. The maximum absolute atomic E-state index is 14.3. The van der Waals surface area contributed by atoms with Crippen molar-refractivity contribution in [2.24, 2.45) is 0 Å². The van der Waals surface area contributed by atoms with Gasteiger partial charge in [0.1, 0.15) is 11.4 Å². The van der Waals surface area contributed by atoms with Crippen LogP contribution in [-0.4, -0.2) is 21.0 Å². The van der Waals surface area contributed by atoms with Gasteiger partial charge in [-0.1, -0.05) is 12.1 Å². The monoisotopic (exact) mass is 294 g/mol. The number of halogens is 1.